The molecule has 2 aliphatic rings. The summed E-state index contributed by atoms with van der Waals surface area (Å²) in [5.74, 6) is 0.483. The molecule has 0 aliphatic carbocycles. The Hall–Kier alpha value is -1.77. The number of ketones is 1. The second kappa shape index (κ2) is 4.16. The molecule has 0 bridgehead atoms. The summed E-state index contributed by atoms with van der Waals surface area (Å²) in [5, 5.41) is 8.93. The highest BCUT2D eigenvalue weighted by Crippen LogP contribution is 2.30. The Kier molecular flexibility index (Phi) is 2.62. The molecule has 8 heteroatoms. The zero-order valence-electron chi connectivity index (χ0n) is 9.44. The maximum Gasteiger partial charge on any atom is 0.192 e. The number of nitrogens with two attached hydrogens (primary N) is 1. The Morgan fingerprint density at radius 2 is 2.44 bits per heavy atom. The lowest BCUT2D eigenvalue weighted by atomic mass is 10.1. The van der Waals surface area contributed by atoms with Gasteiger partial charge in [0.15, 0.2) is 29.8 Å². The third-order valence-electron chi connectivity index (χ3n) is 2.82. The summed E-state index contributed by atoms with van der Waals surface area (Å²) in [4.78, 5) is 19.8. The highest BCUT2D eigenvalue weighted by atomic mass is 16.7. The van der Waals surface area contributed by atoms with Crippen molar-refractivity contribution in [3.05, 3.63) is 12.0 Å². The van der Waals surface area contributed by atoms with E-state index in [0.29, 0.717) is 11.5 Å². The Morgan fingerprint density at radius 3 is 3.17 bits per heavy atom. The maximum absolute atomic E-state index is 11.7. The summed E-state index contributed by atoms with van der Waals surface area (Å²) in [6.07, 6.45) is 0.443. The molecule has 0 spiro atoms. The number of rotatable bonds is 2. The van der Waals surface area contributed by atoms with Crippen LogP contribution in [-0.2, 0) is 9.47 Å². The topological polar surface area (TPSA) is 112 Å². The van der Waals surface area contributed by atoms with E-state index in [4.69, 9.17) is 20.3 Å². The van der Waals surface area contributed by atoms with Crippen LogP contribution in [0, 0.1) is 0 Å². The normalized spacial score (nSPS) is 27.2. The number of fused-ring (bicyclic) bond motifs is 1. The molecule has 18 heavy (non-hydrogen) atoms. The minimum atomic E-state index is -0.659. The number of nitrogens with zero attached hydrogens (tertiary/aromatic N) is 3. The van der Waals surface area contributed by atoms with Crippen molar-refractivity contribution in [1.82, 2.24) is 9.55 Å². The molecule has 0 radical (unpaired) electrons. The van der Waals surface area contributed by atoms with Crippen LogP contribution in [0.15, 0.2) is 11.3 Å². The Morgan fingerprint density at radius 1 is 1.61 bits per heavy atom. The van der Waals surface area contributed by atoms with Crippen LogP contribution in [0.3, 0.4) is 0 Å². The predicted molar refractivity (Wildman–Crippen MR) is 59.4 cm³/mol. The number of ether oxygens (including phenoxy) is 2. The summed E-state index contributed by atoms with van der Waals surface area (Å²) in [5.41, 5.74) is 5.89. The van der Waals surface area contributed by atoms with Gasteiger partial charge in [-0.1, -0.05) is 0 Å². The fraction of sp³-hybridized carbons (Fsp3) is 0.500. The van der Waals surface area contributed by atoms with E-state index in [1.165, 1.54) is 6.33 Å². The lowest BCUT2D eigenvalue weighted by Crippen LogP contribution is -2.22. The number of aromatic nitrogens is 2. The van der Waals surface area contributed by atoms with Crippen molar-refractivity contribution < 1.29 is 19.4 Å². The third kappa shape index (κ3) is 1.70. The van der Waals surface area contributed by atoms with Gasteiger partial charge >= 0.3 is 0 Å². The fourth-order valence-electron chi connectivity index (χ4n) is 1.98. The van der Waals surface area contributed by atoms with E-state index in [-0.39, 0.29) is 31.3 Å². The fourth-order valence-corrected chi connectivity index (χ4v) is 1.98. The van der Waals surface area contributed by atoms with Gasteiger partial charge in [0.25, 0.3) is 0 Å². The van der Waals surface area contributed by atoms with Crippen molar-refractivity contribution in [3.63, 3.8) is 0 Å². The smallest absolute Gasteiger partial charge is 0.192 e. The average molecular weight is 252 g/mol. The van der Waals surface area contributed by atoms with Gasteiger partial charge in [-0.05, 0) is 0 Å². The SMILES string of the molecule is NC1=Nc2c(ncn2[C@H]2CO[C@@H](CO)O2)C(=O)C1. The first-order chi connectivity index (χ1) is 8.69. The van der Waals surface area contributed by atoms with Gasteiger partial charge in [-0.25, -0.2) is 9.98 Å². The van der Waals surface area contributed by atoms with E-state index in [1.54, 1.807) is 4.57 Å². The van der Waals surface area contributed by atoms with Gasteiger partial charge in [0.05, 0.1) is 26.0 Å². The van der Waals surface area contributed by atoms with Crippen LogP contribution in [0.5, 0.6) is 0 Å². The molecule has 0 unspecified atom stereocenters. The number of aliphatic imine (C=N–C) groups is 1. The van der Waals surface area contributed by atoms with Crippen LogP contribution in [0.2, 0.25) is 0 Å². The number of hydrogen-bond acceptors (Lipinski definition) is 7. The first-order valence-electron chi connectivity index (χ1n) is 5.50. The number of hydrogen-bond donors (Lipinski definition) is 2. The summed E-state index contributed by atoms with van der Waals surface area (Å²) in [7, 11) is 0. The van der Waals surface area contributed by atoms with E-state index in [0.717, 1.165) is 0 Å². The van der Waals surface area contributed by atoms with Crippen LogP contribution < -0.4 is 5.73 Å². The van der Waals surface area contributed by atoms with Crippen molar-refractivity contribution in [2.45, 2.75) is 18.9 Å². The lowest BCUT2D eigenvalue weighted by Gasteiger charge is -2.14. The number of carbonyl (C=O) groups excluding carboxylic acids is 1. The monoisotopic (exact) mass is 252 g/mol. The highest BCUT2D eigenvalue weighted by molar-refractivity contribution is 6.13. The Bertz CT molecular complexity index is 524. The van der Waals surface area contributed by atoms with Crippen molar-refractivity contribution >= 4 is 17.4 Å². The molecule has 96 valence electrons. The number of aliphatic hydroxyl groups excluding tert-OH is 1. The second-order valence-electron chi connectivity index (χ2n) is 4.06. The minimum Gasteiger partial charge on any atom is -0.391 e. The Balaban J connectivity index is 1.94. The average Bonchev–Trinajstić information content (AvgIpc) is 2.93. The van der Waals surface area contributed by atoms with Gasteiger partial charge in [0.1, 0.15) is 5.84 Å². The van der Waals surface area contributed by atoms with E-state index >= 15 is 0 Å². The van der Waals surface area contributed by atoms with Gasteiger partial charge < -0.3 is 20.3 Å². The van der Waals surface area contributed by atoms with Gasteiger partial charge in [-0.3, -0.25) is 9.36 Å². The minimum absolute atomic E-state index is 0.0886. The number of amidine groups is 1. The number of Topliss-reactive ketones (excluding diaryl/α,β-unsaturated/α-hetero) is 1. The van der Waals surface area contributed by atoms with E-state index < -0.39 is 12.5 Å². The summed E-state index contributed by atoms with van der Waals surface area (Å²) >= 11 is 0. The van der Waals surface area contributed by atoms with Crippen molar-refractivity contribution in [3.8, 4) is 0 Å². The number of aliphatic hydroxyl groups is 1. The molecule has 0 saturated carbocycles. The molecule has 3 heterocycles. The first-order valence-corrected chi connectivity index (χ1v) is 5.50. The van der Waals surface area contributed by atoms with E-state index in [2.05, 4.69) is 9.98 Å². The molecular formula is C10H12N4O4. The standard InChI is InChI=1S/C10H12N4O4/c11-6-1-5(16)9-10(13-6)14(4-12-9)7-3-17-8(2-15)18-7/h4,7-8,15H,1-3H2,(H2,11,13)/t7-,8-/m1/s1. The molecule has 1 fully saturated rings. The molecular weight excluding hydrogens is 240 g/mol. The molecule has 1 aromatic rings. The predicted octanol–water partition coefficient (Wildman–Crippen LogP) is -0.678. The molecule has 2 atom stereocenters. The summed E-state index contributed by atoms with van der Waals surface area (Å²) in [6.45, 7) is 0.0371. The number of carbonyl (C=O) groups is 1. The van der Waals surface area contributed by atoms with Crippen molar-refractivity contribution in [1.29, 1.82) is 0 Å². The zero-order valence-corrected chi connectivity index (χ0v) is 9.44. The van der Waals surface area contributed by atoms with Crippen LogP contribution in [-0.4, -0.2) is 45.8 Å². The van der Waals surface area contributed by atoms with Crippen molar-refractivity contribution in [2.24, 2.45) is 10.7 Å². The van der Waals surface area contributed by atoms with Gasteiger partial charge in [0.2, 0.25) is 0 Å². The molecule has 3 N–H and O–H groups in total. The van der Waals surface area contributed by atoms with Crippen LogP contribution in [0.4, 0.5) is 5.82 Å². The molecule has 3 rings (SSSR count). The van der Waals surface area contributed by atoms with Crippen LogP contribution in [0.1, 0.15) is 23.1 Å². The number of imidazole rings is 1. The largest absolute Gasteiger partial charge is 0.391 e. The van der Waals surface area contributed by atoms with Crippen LogP contribution >= 0.6 is 0 Å². The molecule has 0 aromatic carbocycles. The van der Waals surface area contributed by atoms with Gasteiger partial charge in [-0.15, -0.1) is 0 Å². The summed E-state index contributed by atoms with van der Waals surface area (Å²) in [6, 6.07) is 0. The second-order valence-corrected chi connectivity index (χ2v) is 4.06. The maximum atomic E-state index is 11.7. The molecule has 2 aliphatic heterocycles. The quantitative estimate of drug-likeness (QED) is 0.721. The molecule has 0 amide bonds. The first kappa shape index (κ1) is 11.3. The highest BCUT2D eigenvalue weighted by Gasteiger charge is 2.32. The molecule has 8 nitrogen and oxygen atoms in total. The Labute approximate surface area is 102 Å². The summed E-state index contributed by atoms with van der Waals surface area (Å²) < 4.78 is 12.2. The molecule has 1 aromatic heterocycles. The lowest BCUT2D eigenvalue weighted by molar-refractivity contribution is -0.0983. The van der Waals surface area contributed by atoms with Crippen LogP contribution in [0.25, 0.3) is 0 Å². The zero-order chi connectivity index (χ0) is 12.7. The van der Waals surface area contributed by atoms with E-state index in [1.807, 2.05) is 0 Å². The molecule has 1 saturated heterocycles. The van der Waals surface area contributed by atoms with Crippen molar-refractivity contribution in [2.75, 3.05) is 13.2 Å². The van der Waals surface area contributed by atoms with Gasteiger partial charge in [0, 0.05) is 0 Å². The third-order valence-corrected chi connectivity index (χ3v) is 2.82. The van der Waals surface area contributed by atoms with Gasteiger partial charge in [-0.2, -0.15) is 0 Å². The van der Waals surface area contributed by atoms with E-state index in [9.17, 15) is 4.79 Å².